The summed E-state index contributed by atoms with van der Waals surface area (Å²) in [5.74, 6) is 0. The molecule has 2 aromatic carbocycles. The van der Waals surface area contributed by atoms with Gasteiger partial charge in [-0.2, -0.15) is 0 Å². The number of unbranched alkanes of at least 4 members (excludes halogenated alkanes) is 1. The van der Waals surface area contributed by atoms with E-state index in [0.717, 1.165) is 41.1 Å². The zero-order valence-corrected chi connectivity index (χ0v) is 11.4. The fraction of sp³-hybridized carbons (Fsp3) is 0.235. The first-order chi connectivity index (χ1) is 9.83. The van der Waals surface area contributed by atoms with Gasteiger partial charge < -0.3 is 10.3 Å². The van der Waals surface area contributed by atoms with Gasteiger partial charge in [0.05, 0.1) is 5.52 Å². The summed E-state index contributed by atoms with van der Waals surface area (Å²) in [5, 5.41) is 2.96. The summed E-state index contributed by atoms with van der Waals surface area (Å²) < 4.78 is 1.88. The average molecular weight is 266 g/mol. The van der Waals surface area contributed by atoms with E-state index in [1.165, 1.54) is 0 Å². The number of hydrogen-bond donors (Lipinski definition) is 1. The Labute approximate surface area is 117 Å². The molecule has 1 heterocycles. The molecule has 0 saturated carbocycles. The fourth-order valence-corrected chi connectivity index (χ4v) is 2.73. The molecule has 3 nitrogen and oxygen atoms in total. The monoisotopic (exact) mass is 266 g/mol. The second-order valence-electron chi connectivity index (χ2n) is 5.02. The van der Waals surface area contributed by atoms with E-state index in [9.17, 15) is 4.79 Å². The van der Waals surface area contributed by atoms with E-state index in [2.05, 4.69) is 6.07 Å². The van der Waals surface area contributed by atoms with Crippen LogP contribution in [0.3, 0.4) is 0 Å². The highest BCUT2D eigenvalue weighted by molar-refractivity contribution is 6.05. The number of fused-ring (bicyclic) bond motifs is 3. The number of nitrogens with zero attached hydrogens (tertiary/aromatic N) is 1. The first-order valence-corrected chi connectivity index (χ1v) is 7.03. The maximum atomic E-state index is 12.7. The molecule has 0 unspecified atom stereocenters. The molecule has 0 amide bonds. The minimum atomic E-state index is 0.0938. The molecule has 0 spiro atoms. The maximum absolute atomic E-state index is 12.7. The summed E-state index contributed by atoms with van der Waals surface area (Å²) in [4.78, 5) is 12.7. The van der Waals surface area contributed by atoms with Crippen LogP contribution in [0.1, 0.15) is 12.8 Å². The van der Waals surface area contributed by atoms with Crippen molar-refractivity contribution < 1.29 is 0 Å². The van der Waals surface area contributed by atoms with Crippen LogP contribution in [0.25, 0.3) is 21.7 Å². The predicted octanol–water partition coefficient (Wildman–Crippen LogP) is 2.89. The van der Waals surface area contributed by atoms with E-state index in [4.69, 9.17) is 5.73 Å². The molecule has 0 fully saturated rings. The third-order valence-electron chi connectivity index (χ3n) is 3.72. The van der Waals surface area contributed by atoms with Crippen LogP contribution in [0.15, 0.2) is 53.3 Å². The molecular weight excluding hydrogens is 248 g/mol. The highest BCUT2D eigenvalue weighted by atomic mass is 16.1. The summed E-state index contributed by atoms with van der Waals surface area (Å²) in [6, 6.07) is 15.9. The molecule has 3 rings (SSSR count). The third-order valence-corrected chi connectivity index (χ3v) is 3.72. The van der Waals surface area contributed by atoms with Crippen molar-refractivity contribution in [3.63, 3.8) is 0 Å². The van der Waals surface area contributed by atoms with E-state index >= 15 is 0 Å². The molecule has 20 heavy (non-hydrogen) atoms. The van der Waals surface area contributed by atoms with Gasteiger partial charge in [-0.25, -0.2) is 0 Å². The Morgan fingerprint density at radius 3 is 2.25 bits per heavy atom. The molecule has 1 aromatic heterocycles. The molecule has 0 aliphatic heterocycles. The Hall–Kier alpha value is -2.13. The molecule has 3 heteroatoms. The van der Waals surface area contributed by atoms with Crippen LogP contribution in [0.5, 0.6) is 0 Å². The van der Waals surface area contributed by atoms with Crippen LogP contribution in [0, 0.1) is 0 Å². The number of nitrogens with two attached hydrogens (primary N) is 1. The molecule has 0 saturated heterocycles. The van der Waals surface area contributed by atoms with Crippen molar-refractivity contribution in [1.82, 2.24) is 4.57 Å². The predicted molar refractivity (Wildman–Crippen MR) is 84.0 cm³/mol. The molecule has 0 aliphatic rings. The van der Waals surface area contributed by atoms with Gasteiger partial charge in [0.15, 0.2) is 0 Å². The maximum Gasteiger partial charge on any atom is 0.258 e. The number of pyridine rings is 1. The second-order valence-corrected chi connectivity index (χ2v) is 5.02. The first-order valence-electron chi connectivity index (χ1n) is 7.03. The molecule has 3 aromatic rings. The Morgan fingerprint density at radius 2 is 1.50 bits per heavy atom. The largest absolute Gasteiger partial charge is 0.330 e. The van der Waals surface area contributed by atoms with Crippen molar-refractivity contribution in [2.75, 3.05) is 6.54 Å². The lowest BCUT2D eigenvalue weighted by molar-refractivity contribution is 0.618. The second kappa shape index (κ2) is 5.47. The standard InChI is InChI=1S/C17H18N2O/c18-11-5-6-12-19-16-10-4-3-8-14(16)13-7-1-2-9-15(13)17(19)20/h1-4,7-10H,5-6,11-12,18H2. The van der Waals surface area contributed by atoms with Crippen LogP contribution in [-0.4, -0.2) is 11.1 Å². The van der Waals surface area contributed by atoms with E-state index in [1.54, 1.807) is 0 Å². The third kappa shape index (κ3) is 2.10. The molecule has 0 atom stereocenters. The summed E-state index contributed by atoms with van der Waals surface area (Å²) in [7, 11) is 0. The minimum absolute atomic E-state index is 0.0938. The van der Waals surface area contributed by atoms with E-state index in [-0.39, 0.29) is 5.56 Å². The lowest BCUT2D eigenvalue weighted by atomic mass is 10.1. The lowest BCUT2D eigenvalue weighted by Crippen LogP contribution is -2.21. The zero-order chi connectivity index (χ0) is 13.9. The van der Waals surface area contributed by atoms with Gasteiger partial charge in [-0.1, -0.05) is 36.4 Å². The van der Waals surface area contributed by atoms with Crippen LogP contribution < -0.4 is 11.3 Å². The molecule has 102 valence electrons. The van der Waals surface area contributed by atoms with Crippen LogP contribution in [0.2, 0.25) is 0 Å². The fourth-order valence-electron chi connectivity index (χ4n) is 2.73. The summed E-state index contributed by atoms with van der Waals surface area (Å²) in [6.07, 6.45) is 1.87. The van der Waals surface area contributed by atoms with E-state index in [0.29, 0.717) is 6.54 Å². The average Bonchev–Trinajstić information content (AvgIpc) is 2.51. The van der Waals surface area contributed by atoms with Crippen molar-refractivity contribution in [2.24, 2.45) is 5.73 Å². The number of aryl methyl sites for hydroxylation is 1. The van der Waals surface area contributed by atoms with Gasteiger partial charge in [-0.3, -0.25) is 4.79 Å². The quantitative estimate of drug-likeness (QED) is 0.583. The highest BCUT2D eigenvalue weighted by Crippen LogP contribution is 2.22. The Kier molecular flexibility index (Phi) is 3.52. The first kappa shape index (κ1) is 12.9. The number of aromatic nitrogens is 1. The Balaban J connectivity index is 2.30. The van der Waals surface area contributed by atoms with Crippen LogP contribution in [-0.2, 0) is 6.54 Å². The van der Waals surface area contributed by atoms with Gasteiger partial charge in [0, 0.05) is 17.3 Å². The van der Waals surface area contributed by atoms with Gasteiger partial charge in [0.25, 0.3) is 5.56 Å². The van der Waals surface area contributed by atoms with Crippen molar-refractivity contribution in [3.8, 4) is 0 Å². The van der Waals surface area contributed by atoms with Gasteiger partial charge in [0.1, 0.15) is 0 Å². The molecule has 0 aliphatic carbocycles. The van der Waals surface area contributed by atoms with Gasteiger partial charge in [-0.05, 0) is 36.9 Å². The highest BCUT2D eigenvalue weighted by Gasteiger charge is 2.09. The number of hydrogen-bond acceptors (Lipinski definition) is 2. The summed E-state index contributed by atoms with van der Waals surface area (Å²) >= 11 is 0. The van der Waals surface area contributed by atoms with Gasteiger partial charge in [-0.15, -0.1) is 0 Å². The Bertz CT molecular complexity index is 805. The topological polar surface area (TPSA) is 48.0 Å². The summed E-state index contributed by atoms with van der Waals surface area (Å²) in [5.41, 5.74) is 6.65. The van der Waals surface area contributed by atoms with Crippen LogP contribution in [0.4, 0.5) is 0 Å². The number of benzene rings is 2. The number of rotatable bonds is 4. The van der Waals surface area contributed by atoms with Crippen molar-refractivity contribution in [2.45, 2.75) is 19.4 Å². The SMILES string of the molecule is NCCCCn1c(=O)c2ccccc2c2ccccc21. The molecule has 0 radical (unpaired) electrons. The zero-order valence-electron chi connectivity index (χ0n) is 11.4. The Morgan fingerprint density at radius 1 is 0.850 bits per heavy atom. The molecule has 0 bridgehead atoms. The normalized spacial score (nSPS) is 11.2. The van der Waals surface area contributed by atoms with Gasteiger partial charge in [0.2, 0.25) is 0 Å². The van der Waals surface area contributed by atoms with Crippen LogP contribution >= 0.6 is 0 Å². The lowest BCUT2D eigenvalue weighted by Gasteiger charge is -2.12. The van der Waals surface area contributed by atoms with Crippen molar-refractivity contribution >= 4 is 21.7 Å². The smallest absolute Gasteiger partial charge is 0.258 e. The summed E-state index contributed by atoms with van der Waals surface area (Å²) in [6.45, 7) is 1.39. The van der Waals surface area contributed by atoms with Crippen molar-refractivity contribution in [3.05, 3.63) is 58.9 Å². The minimum Gasteiger partial charge on any atom is -0.330 e. The molecular formula is C17H18N2O. The van der Waals surface area contributed by atoms with Gasteiger partial charge >= 0.3 is 0 Å². The van der Waals surface area contributed by atoms with E-state index in [1.807, 2.05) is 47.0 Å². The van der Waals surface area contributed by atoms with Crippen molar-refractivity contribution in [1.29, 1.82) is 0 Å². The number of para-hydroxylation sites is 1. The molecule has 2 N–H and O–H groups in total. The van der Waals surface area contributed by atoms with E-state index < -0.39 is 0 Å².